The van der Waals surface area contributed by atoms with E-state index < -0.39 is 72.6 Å². The minimum atomic E-state index is -0.593. The van der Waals surface area contributed by atoms with Gasteiger partial charge in [0.2, 0.25) is 0 Å². The molecule has 0 bridgehead atoms. The Morgan fingerprint density at radius 2 is 1.27 bits per heavy atom. The van der Waals surface area contributed by atoms with Crippen molar-refractivity contribution >= 4 is 45.5 Å². The van der Waals surface area contributed by atoms with Gasteiger partial charge in [0.1, 0.15) is 11.9 Å². The predicted octanol–water partition coefficient (Wildman–Crippen LogP) is 13.0. The minimum Gasteiger partial charge on any atom is -0.480 e. The van der Waals surface area contributed by atoms with Crippen molar-refractivity contribution in [3.8, 4) is 56.7 Å². The molecule has 71 heavy (non-hydrogen) atoms. The van der Waals surface area contributed by atoms with Crippen molar-refractivity contribution in [1.29, 1.82) is 0 Å². The van der Waals surface area contributed by atoms with E-state index in [2.05, 4.69) is 73.0 Å². The van der Waals surface area contributed by atoms with E-state index in [1.54, 1.807) is 22.8 Å². The quantitative estimate of drug-likeness (QED) is 0.123. The van der Waals surface area contributed by atoms with Gasteiger partial charge in [-0.1, -0.05) is 172 Å². The van der Waals surface area contributed by atoms with Crippen molar-refractivity contribution in [1.82, 2.24) is 14.1 Å². The third-order valence-corrected chi connectivity index (χ3v) is 13.3. The van der Waals surface area contributed by atoms with E-state index in [0.29, 0.717) is 34.0 Å². The maximum atomic E-state index is 9.18. The monoisotopic (exact) mass is 929 g/mol. The molecule has 1 aliphatic carbocycles. The number of ether oxygens (including phenoxy) is 2. The largest absolute Gasteiger partial charge is 0.480 e. The highest BCUT2D eigenvalue weighted by atomic mass is 16.5. The number of imidazole rings is 1. The van der Waals surface area contributed by atoms with Crippen molar-refractivity contribution in [3.63, 3.8) is 0 Å². The molecule has 0 N–H and O–H groups in total. The van der Waals surface area contributed by atoms with Crippen LogP contribution in [-0.4, -0.2) is 26.3 Å². The lowest BCUT2D eigenvalue weighted by atomic mass is 9.88. The van der Waals surface area contributed by atoms with Gasteiger partial charge >= 0.3 is 0 Å². The average Bonchev–Trinajstić information content (AvgIpc) is 4.20. The molecule has 7 heteroatoms. The first-order valence-corrected chi connectivity index (χ1v) is 23.4. The smallest absolute Gasteiger partial charge is 0.269 e. The summed E-state index contributed by atoms with van der Waals surface area (Å²) in [6.45, 7) is 6.58. The molecule has 7 nitrogen and oxygen atoms in total. The van der Waals surface area contributed by atoms with Crippen LogP contribution in [0.25, 0.3) is 73.5 Å². The van der Waals surface area contributed by atoms with Crippen LogP contribution in [0.3, 0.4) is 0 Å². The summed E-state index contributed by atoms with van der Waals surface area (Å²) in [5.41, 5.74) is 5.50. The normalized spacial score (nSPS) is 17.1. The first-order chi connectivity index (χ1) is 39.0. The predicted molar refractivity (Wildman–Crippen MR) is 286 cm³/mol. The Bertz CT molecular complexity index is 4440. The SMILES string of the molecule is [2H]c1c([2H])c([2H])c(-c2cccc(-c3c([2H])c([2H])c([2H])c([2H])c3[2H])c2-[n+]2[c-]n(-c3cccc(N4c5ccccc5Oc5ccccc5OC5C=c6c(n(-c7cc(C(C)(C)C)ccn7)c7ccccc67)=CC54)c3)c3ccccc32)c([2H])c1[2H]. The Hall–Kier alpha value is -8.94. The number of rotatable bonds is 6. The second-order valence-corrected chi connectivity index (χ2v) is 18.6. The second-order valence-electron chi connectivity index (χ2n) is 18.6. The summed E-state index contributed by atoms with van der Waals surface area (Å²) in [5, 5.41) is 2.97. The first kappa shape index (κ1) is 32.7. The second kappa shape index (κ2) is 16.9. The number of anilines is 2. The van der Waals surface area contributed by atoms with Gasteiger partial charge in [-0.3, -0.25) is 13.7 Å². The van der Waals surface area contributed by atoms with Crippen LogP contribution in [0.1, 0.15) is 40.0 Å². The number of nitrogens with zero attached hydrogens (tertiary/aromatic N) is 5. The van der Waals surface area contributed by atoms with E-state index in [0.717, 1.165) is 44.2 Å². The Morgan fingerprint density at radius 3 is 2.03 bits per heavy atom. The van der Waals surface area contributed by atoms with Crippen LogP contribution in [0.5, 0.6) is 17.2 Å². The fourth-order valence-electron chi connectivity index (χ4n) is 9.99. The zero-order valence-corrected chi connectivity index (χ0v) is 38.9. The van der Waals surface area contributed by atoms with Crippen LogP contribution in [-0.2, 0) is 5.41 Å². The Balaban J connectivity index is 1.07. The molecule has 13 rings (SSSR count). The molecule has 11 aromatic rings. The van der Waals surface area contributed by atoms with Crippen LogP contribution in [0.2, 0.25) is 0 Å². The Morgan fingerprint density at radius 1 is 0.620 bits per heavy atom. The number of para-hydroxylation sites is 8. The van der Waals surface area contributed by atoms with Crippen LogP contribution < -0.4 is 29.5 Å². The molecule has 1 aliphatic heterocycles. The Labute approximate surface area is 426 Å². The van der Waals surface area contributed by atoms with E-state index in [4.69, 9.17) is 22.7 Å². The van der Waals surface area contributed by atoms with Crippen molar-refractivity contribution in [2.75, 3.05) is 4.90 Å². The molecule has 342 valence electrons. The molecule has 0 spiro atoms. The number of aromatic nitrogens is 4. The summed E-state index contributed by atoms with van der Waals surface area (Å²) in [5.74, 6) is 2.48. The third-order valence-electron chi connectivity index (χ3n) is 13.3. The van der Waals surface area contributed by atoms with Crippen molar-refractivity contribution in [2.45, 2.75) is 38.3 Å². The van der Waals surface area contributed by atoms with Crippen LogP contribution in [0.4, 0.5) is 11.4 Å². The third kappa shape index (κ3) is 7.28. The van der Waals surface area contributed by atoms with Crippen LogP contribution >= 0.6 is 0 Å². The molecule has 0 saturated carbocycles. The van der Waals surface area contributed by atoms with Gasteiger partial charge in [0.25, 0.3) is 6.33 Å². The number of hydrogen-bond donors (Lipinski definition) is 0. The summed E-state index contributed by atoms with van der Waals surface area (Å²) < 4.78 is 108. The molecule has 0 saturated heterocycles. The lowest BCUT2D eigenvalue weighted by molar-refractivity contribution is -0.571. The lowest BCUT2D eigenvalue weighted by Gasteiger charge is -2.37. The highest BCUT2D eigenvalue weighted by Crippen LogP contribution is 2.45. The highest BCUT2D eigenvalue weighted by molar-refractivity contribution is 5.87. The van der Waals surface area contributed by atoms with Gasteiger partial charge in [-0.2, -0.15) is 0 Å². The first-order valence-electron chi connectivity index (χ1n) is 28.4. The molecular weight excluding hydrogens is 871 g/mol. The van der Waals surface area contributed by atoms with Crippen LogP contribution in [0, 0.1) is 6.33 Å². The summed E-state index contributed by atoms with van der Waals surface area (Å²) in [6.07, 6.45) is 9.28. The fraction of sp³-hybridized carbons (Fsp3) is 0.0938. The van der Waals surface area contributed by atoms with Gasteiger partial charge in [0.05, 0.1) is 58.7 Å². The zero-order chi connectivity index (χ0) is 56.3. The van der Waals surface area contributed by atoms with Gasteiger partial charge in [-0.15, -0.1) is 0 Å². The Kier molecular flexibility index (Phi) is 7.81. The van der Waals surface area contributed by atoms with E-state index in [-0.39, 0.29) is 33.4 Å². The molecule has 4 heterocycles. The van der Waals surface area contributed by atoms with E-state index in [1.165, 1.54) is 0 Å². The van der Waals surface area contributed by atoms with Gasteiger partial charge in [-0.05, 0) is 106 Å². The maximum absolute atomic E-state index is 9.18. The van der Waals surface area contributed by atoms with E-state index in [1.807, 2.05) is 120 Å². The van der Waals surface area contributed by atoms with Gasteiger partial charge < -0.3 is 14.4 Å². The fourth-order valence-corrected chi connectivity index (χ4v) is 9.99. The minimum absolute atomic E-state index is 0.141. The number of benzene rings is 8. The summed E-state index contributed by atoms with van der Waals surface area (Å²) in [6, 6.07) is 42.5. The maximum Gasteiger partial charge on any atom is 0.269 e. The lowest BCUT2D eigenvalue weighted by Crippen LogP contribution is -2.49. The highest BCUT2D eigenvalue weighted by Gasteiger charge is 2.35. The standard InChI is InChI=1S/C64H49N5O2/c1-64(2,3)45-36-37-65-62(38-45)69-52-29-11-10-26-50(52)51-40-61-57(41-56(51)69)68(55-32-14-15-33-58(55)70-59-34-16-17-35-60(59)71-61)47-25-18-24-46(39-47)66-42-67(54-31-13-12-30-53(54)66)63-48(43-20-6-4-7-21-43)27-19-28-49(63)44-22-8-5-9-23-44/h4-41,57,61H,1-3H3/i4D,5D,6D,7D,8D,9D,20D,21D,22D,23D. The van der Waals surface area contributed by atoms with Gasteiger partial charge in [0.15, 0.2) is 17.2 Å². The van der Waals surface area contributed by atoms with E-state index >= 15 is 0 Å². The molecule has 2 unspecified atom stereocenters. The summed E-state index contributed by atoms with van der Waals surface area (Å²) in [7, 11) is 0. The molecular formula is C64H49N5O2. The molecule has 3 aromatic heterocycles. The molecule has 8 aromatic carbocycles. The summed E-state index contributed by atoms with van der Waals surface area (Å²) >= 11 is 0. The molecule has 0 radical (unpaired) electrons. The van der Waals surface area contributed by atoms with Crippen molar-refractivity contribution in [3.05, 3.63) is 241 Å². The van der Waals surface area contributed by atoms with Crippen LogP contribution in [0.15, 0.2) is 218 Å². The van der Waals surface area contributed by atoms with Crippen molar-refractivity contribution in [2.24, 2.45) is 0 Å². The number of hydrogen-bond acceptors (Lipinski definition) is 4. The van der Waals surface area contributed by atoms with Gasteiger partial charge in [0, 0.05) is 22.5 Å². The average molecular weight is 930 g/mol. The topological polar surface area (TPSA) is 48.3 Å². The summed E-state index contributed by atoms with van der Waals surface area (Å²) in [4.78, 5) is 7.22. The number of fused-ring (bicyclic) bond motifs is 7. The molecule has 2 aliphatic rings. The van der Waals surface area contributed by atoms with E-state index in [9.17, 15) is 5.48 Å². The van der Waals surface area contributed by atoms with Crippen molar-refractivity contribution < 1.29 is 27.7 Å². The molecule has 0 amide bonds. The zero-order valence-electron chi connectivity index (χ0n) is 48.9. The molecule has 2 atom stereocenters. The van der Waals surface area contributed by atoms with Gasteiger partial charge in [-0.25, -0.2) is 4.98 Å². The molecule has 0 fully saturated rings. The number of pyridine rings is 1.